The van der Waals surface area contributed by atoms with E-state index in [1.165, 1.54) is 5.56 Å². The second-order valence-electron chi connectivity index (χ2n) is 7.14. The first kappa shape index (κ1) is 20.1. The molecule has 1 N–H and O–H groups in total. The number of ether oxygens (including phenoxy) is 1. The van der Waals surface area contributed by atoms with Crippen molar-refractivity contribution in [2.75, 3.05) is 26.8 Å². The van der Waals surface area contributed by atoms with E-state index in [0.29, 0.717) is 6.42 Å². The quantitative estimate of drug-likeness (QED) is 0.618. The highest BCUT2D eigenvalue weighted by atomic mass is 16.5. The van der Waals surface area contributed by atoms with Crippen molar-refractivity contribution >= 4 is 5.78 Å². The van der Waals surface area contributed by atoms with Crippen LogP contribution in [0.5, 0.6) is 5.75 Å². The Bertz CT molecular complexity index is 848. The van der Waals surface area contributed by atoms with E-state index >= 15 is 0 Å². The Morgan fingerprint density at radius 3 is 2.82 bits per heavy atom. The first-order valence-corrected chi connectivity index (χ1v) is 9.79. The number of aliphatic hydroxyl groups is 1. The number of carbonyl (C=O) groups is 1. The Morgan fingerprint density at radius 1 is 1.25 bits per heavy atom. The predicted octanol–water partition coefficient (Wildman–Crippen LogP) is 3.52. The molecule has 1 aliphatic rings. The first-order valence-electron chi connectivity index (χ1n) is 9.79. The number of Topliss-reactive ketones (excluding diaryl/α,β-unsaturated/α-hetero) is 1. The molecule has 0 aliphatic carbocycles. The van der Waals surface area contributed by atoms with Crippen LogP contribution in [0.4, 0.5) is 0 Å². The Hall–Kier alpha value is -2.61. The van der Waals surface area contributed by atoms with Crippen LogP contribution in [-0.4, -0.2) is 42.6 Å². The fraction of sp³-hybridized carbons (Fsp3) is 0.375. The van der Waals surface area contributed by atoms with E-state index in [9.17, 15) is 4.79 Å². The lowest BCUT2D eigenvalue weighted by atomic mass is 9.89. The SMILES string of the molecule is COc1cccc(C(=O)[C@H]2CCCN(Cc3ccc(C#CCCO)cc3)C2)c1. The molecular weight excluding hydrogens is 350 g/mol. The second kappa shape index (κ2) is 10.1. The van der Waals surface area contributed by atoms with Gasteiger partial charge in [-0.15, -0.1) is 0 Å². The van der Waals surface area contributed by atoms with Gasteiger partial charge >= 0.3 is 0 Å². The predicted molar refractivity (Wildman–Crippen MR) is 110 cm³/mol. The van der Waals surface area contributed by atoms with Crippen molar-refractivity contribution in [3.8, 4) is 17.6 Å². The Labute approximate surface area is 167 Å². The monoisotopic (exact) mass is 377 g/mol. The number of carbonyl (C=O) groups excluding carboxylic acids is 1. The summed E-state index contributed by atoms with van der Waals surface area (Å²) in [6.07, 6.45) is 2.47. The van der Waals surface area contributed by atoms with E-state index in [1.807, 2.05) is 36.4 Å². The third-order valence-electron chi connectivity index (χ3n) is 5.06. The summed E-state index contributed by atoms with van der Waals surface area (Å²) in [5, 5.41) is 8.79. The average molecular weight is 377 g/mol. The molecule has 0 spiro atoms. The standard InChI is InChI=1S/C24H27NO3/c1-28-23-9-4-7-21(16-23)24(27)22-8-5-14-25(18-22)17-20-12-10-19(11-13-20)6-2-3-15-26/h4,7,9-13,16,22,26H,3,5,8,14-15,17-18H2,1H3/t22-/m0/s1. The maximum atomic E-state index is 12.9. The molecule has 4 nitrogen and oxygen atoms in total. The van der Waals surface area contributed by atoms with Gasteiger partial charge in [0.2, 0.25) is 0 Å². The van der Waals surface area contributed by atoms with E-state index < -0.39 is 0 Å². The number of nitrogens with zero attached hydrogens (tertiary/aromatic N) is 1. The molecule has 3 rings (SSSR count). The highest BCUT2D eigenvalue weighted by Gasteiger charge is 2.26. The van der Waals surface area contributed by atoms with Gasteiger partial charge in [-0.25, -0.2) is 0 Å². The van der Waals surface area contributed by atoms with E-state index in [2.05, 4.69) is 28.9 Å². The molecule has 1 aliphatic heterocycles. The molecule has 0 radical (unpaired) electrons. The topological polar surface area (TPSA) is 49.8 Å². The zero-order chi connectivity index (χ0) is 19.8. The van der Waals surface area contributed by atoms with E-state index in [0.717, 1.165) is 49.4 Å². The van der Waals surface area contributed by atoms with Gasteiger partial charge in [-0.1, -0.05) is 36.1 Å². The summed E-state index contributed by atoms with van der Waals surface area (Å²) in [5.41, 5.74) is 2.92. The van der Waals surface area contributed by atoms with Crippen LogP contribution >= 0.6 is 0 Å². The summed E-state index contributed by atoms with van der Waals surface area (Å²) in [7, 11) is 1.62. The molecule has 0 amide bonds. The minimum Gasteiger partial charge on any atom is -0.497 e. The fourth-order valence-electron chi connectivity index (χ4n) is 3.60. The number of ketones is 1. The van der Waals surface area contributed by atoms with Gasteiger partial charge in [0.1, 0.15) is 5.75 Å². The van der Waals surface area contributed by atoms with E-state index in [-0.39, 0.29) is 18.3 Å². The molecule has 2 aromatic carbocycles. The van der Waals surface area contributed by atoms with E-state index in [4.69, 9.17) is 9.84 Å². The average Bonchev–Trinajstić information content (AvgIpc) is 2.75. The molecule has 1 heterocycles. The number of rotatable bonds is 6. The number of hydrogen-bond donors (Lipinski definition) is 1. The van der Waals surface area contributed by atoms with Crippen LogP contribution in [0, 0.1) is 17.8 Å². The molecule has 28 heavy (non-hydrogen) atoms. The van der Waals surface area contributed by atoms with Crippen molar-refractivity contribution in [1.29, 1.82) is 0 Å². The first-order chi connectivity index (χ1) is 13.7. The number of methoxy groups -OCH3 is 1. The van der Waals surface area contributed by atoms with Gasteiger partial charge in [-0.05, 0) is 49.2 Å². The van der Waals surface area contributed by atoms with Gasteiger partial charge in [0, 0.05) is 36.6 Å². The number of piperidine rings is 1. The maximum absolute atomic E-state index is 12.9. The van der Waals surface area contributed by atoms with Crippen molar-refractivity contribution in [2.24, 2.45) is 5.92 Å². The minimum absolute atomic E-state index is 0.0319. The van der Waals surface area contributed by atoms with E-state index in [1.54, 1.807) is 7.11 Å². The molecule has 1 atom stereocenters. The molecule has 0 bridgehead atoms. The molecule has 1 fully saturated rings. The maximum Gasteiger partial charge on any atom is 0.167 e. The van der Waals surface area contributed by atoms with Crippen LogP contribution in [-0.2, 0) is 6.54 Å². The Morgan fingerprint density at radius 2 is 2.07 bits per heavy atom. The van der Waals surface area contributed by atoms with Crippen molar-refractivity contribution in [2.45, 2.75) is 25.8 Å². The number of aliphatic hydroxyl groups excluding tert-OH is 1. The second-order valence-corrected chi connectivity index (χ2v) is 7.14. The van der Waals surface area contributed by atoms with Crippen LogP contribution in [0.15, 0.2) is 48.5 Å². The van der Waals surface area contributed by atoms with Crippen LogP contribution in [0.2, 0.25) is 0 Å². The fourth-order valence-corrected chi connectivity index (χ4v) is 3.60. The smallest absolute Gasteiger partial charge is 0.167 e. The Balaban J connectivity index is 1.60. The van der Waals surface area contributed by atoms with Crippen molar-refractivity contribution in [1.82, 2.24) is 4.90 Å². The number of benzene rings is 2. The molecule has 0 saturated carbocycles. The normalized spacial score (nSPS) is 16.9. The number of hydrogen-bond acceptors (Lipinski definition) is 4. The molecule has 0 aromatic heterocycles. The van der Waals surface area contributed by atoms with Gasteiger partial charge in [0.05, 0.1) is 13.7 Å². The highest BCUT2D eigenvalue weighted by molar-refractivity contribution is 5.98. The molecule has 0 unspecified atom stereocenters. The summed E-state index contributed by atoms with van der Waals surface area (Å²) in [4.78, 5) is 15.3. The third-order valence-corrected chi connectivity index (χ3v) is 5.06. The van der Waals surface area contributed by atoms with Gasteiger partial charge in [0.25, 0.3) is 0 Å². The van der Waals surface area contributed by atoms with Crippen molar-refractivity contribution in [3.05, 3.63) is 65.2 Å². The number of likely N-dealkylation sites (tertiary alicyclic amines) is 1. The molecule has 4 heteroatoms. The lowest BCUT2D eigenvalue weighted by molar-refractivity contribution is 0.0811. The van der Waals surface area contributed by atoms with Crippen LogP contribution in [0.25, 0.3) is 0 Å². The third kappa shape index (κ3) is 5.45. The summed E-state index contributed by atoms with van der Waals surface area (Å²) in [5.74, 6) is 6.95. The van der Waals surface area contributed by atoms with Gasteiger partial charge in [-0.3, -0.25) is 9.69 Å². The van der Waals surface area contributed by atoms with Gasteiger partial charge in [0.15, 0.2) is 5.78 Å². The van der Waals surface area contributed by atoms with Crippen LogP contribution < -0.4 is 4.74 Å². The zero-order valence-electron chi connectivity index (χ0n) is 16.4. The molecule has 2 aromatic rings. The summed E-state index contributed by atoms with van der Waals surface area (Å²) >= 11 is 0. The van der Waals surface area contributed by atoms with Gasteiger partial charge < -0.3 is 9.84 Å². The van der Waals surface area contributed by atoms with Gasteiger partial charge in [-0.2, -0.15) is 0 Å². The Kier molecular flexibility index (Phi) is 7.25. The van der Waals surface area contributed by atoms with Crippen molar-refractivity contribution in [3.63, 3.8) is 0 Å². The molecular formula is C24H27NO3. The highest BCUT2D eigenvalue weighted by Crippen LogP contribution is 2.24. The molecule has 1 saturated heterocycles. The van der Waals surface area contributed by atoms with Crippen LogP contribution in [0.1, 0.15) is 40.7 Å². The molecule has 146 valence electrons. The minimum atomic E-state index is 0.0319. The lowest BCUT2D eigenvalue weighted by Crippen LogP contribution is -2.38. The lowest BCUT2D eigenvalue weighted by Gasteiger charge is -2.32. The van der Waals surface area contributed by atoms with Crippen molar-refractivity contribution < 1.29 is 14.6 Å². The largest absolute Gasteiger partial charge is 0.497 e. The van der Waals surface area contributed by atoms with Crippen LogP contribution in [0.3, 0.4) is 0 Å². The summed E-state index contributed by atoms with van der Waals surface area (Å²) in [6, 6.07) is 15.7. The zero-order valence-corrected chi connectivity index (χ0v) is 16.4. The summed E-state index contributed by atoms with van der Waals surface area (Å²) < 4.78 is 5.25. The summed E-state index contributed by atoms with van der Waals surface area (Å²) in [6.45, 7) is 2.73.